The third kappa shape index (κ3) is 4.31. The number of carboxylic acid groups (broad SMARTS) is 1. The van der Waals surface area contributed by atoms with Crippen molar-refractivity contribution in [3.8, 4) is 0 Å². The van der Waals surface area contributed by atoms with Crippen molar-refractivity contribution in [3.05, 3.63) is 66.2 Å². The van der Waals surface area contributed by atoms with E-state index < -0.39 is 5.97 Å². The van der Waals surface area contributed by atoms with E-state index in [4.69, 9.17) is 5.11 Å². The van der Waals surface area contributed by atoms with E-state index in [1.807, 2.05) is 30.3 Å². The highest BCUT2D eigenvalue weighted by Gasteiger charge is 2.14. The molecule has 128 valence electrons. The van der Waals surface area contributed by atoms with Gasteiger partial charge in [0.25, 0.3) is 5.91 Å². The lowest BCUT2D eigenvalue weighted by Gasteiger charge is -2.06. The zero-order valence-electron chi connectivity index (χ0n) is 13.4. The van der Waals surface area contributed by atoms with Crippen LogP contribution in [0.15, 0.2) is 55.0 Å². The normalized spacial score (nSPS) is 10.6. The monoisotopic (exact) mass is 339 g/mol. The number of amides is 1. The van der Waals surface area contributed by atoms with E-state index in [2.05, 4.69) is 15.5 Å². The molecule has 3 rings (SSSR count). The van der Waals surface area contributed by atoms with E-state index >= 15 is 0 Å². The summed E-state index contributed by atoms with van der Waals surface area (Å²) < 4.78 is 3.10. The summed E-state index contributed by atoms with van der Waals surface area (Å²) >= 11 is 0. The minimum absolute atomic E-state index is 0.100. The number of nitrogens with one attached hydrogen (secondary N) is 1. The molecule has 0 fully saturated rings. The second-order valence-corrected chi connectivity index (χ2v) is 5.45. The number of aliphatic carboxylic acids is 1. The number of carbonyl (C=O) groups excluding carboxylic acids is 1. The molecular weight excluding hydrogens is 322 g/mol. The first kappa shape index (κ1) is 16.4. The highest BCUT2D eigenvalue weighted by Crippen LogP contribution is 2.10. The molecule has 8 heteroatoms. The maximum absolute atomic E-state index is 12.4. The number of carboxylic acids is 1. The average Bonchev–Trinajstić information content (AvgIpc) is 3.23. The molecule has 0 atom stereocenters. The fourth-order valence-corrected chi connectivity index (χ4v) is 2.39. The van der Waals surface area contributed by atoms with Crippen molar-refractivity contribution in [2.24, 2.45) is 0 Å². The van der Waals surface area contributed by atoms with Crippen molar-refractivity contribution in [2.45, 2.75) is 19.5 Å². The first-order valence-electron chi connectivity index (χ1n) is 7.73. The van der Waals surface area contributed by atoms with Gasteiger partial charge in [-0.15, -0.1) is 0 Å². The Kier molecular flexibility index (Phi) is 4.89. The number of aromatic nitrogens is 4. The smallest absolute Gasteiger partial charge is 0.305 e. The van der Waals surface area contributed by atoms with E-state index in [-0.39, 0.29) is 18.9 Å². The molecule has 2 N–H and O–H groups in total. The molecule has 0 unspecified atom stereocenters. The lowest BCUT2D eigenvalue weighted by atomic mass is 10.2. The number of nitrogens with zero attached hydrogens (tertiary/aromatic N) is 4. The van der Waals surface area contributed by atoms with Gasteiger partial charge in [0.1, 0.15) is 5.69 Å². The quantitative estimate of drug-likeness (QED) is 0.684. The van der Waals surface area contributed by atoms with E-state index in [9.17, 15) is 9.59 Å². The fraction of sp³-hybridized carbons (Fsp3) is 0.176. The molecule has 0 saturated carbocycles. The van der Waals surface area contributed by atoms with Crippen molar-refractivity contribution in [1.82, 2.24) is 19.6 Å². The summed E-state index contributed by atoms with van der Waals surface area (Å²) in [5, 5.41) is 19.7. The second kappa shape index (κ2) is 7.43. The van der Waals surface area contributed by atoms with E-state index in [1.165, 1.54) is 10.9 Å². The van der Waals surface area contributed by atoms with Gasteiger partial charge in [-0.05, 0) is 11.6 Å². The van der Waals surface area contributed by atoms with Crippen molar-refractivity contribution >= 4 is 17.6 Å². The Morgan fingerprint density at radius 1 is 1.12 bits per heavy atom. The molecule has 1 amide bonds. The molecule has 0 bridgehead atoms. The standard InChI is InChI=1S/C17H17N5O3/c23-16(24)7-9-22-15(6-8-18-22)17(25)20-14-10-19-21(12-14)11-13-4-2-1-3-5-13/h1-6,8,10,12H,7,9,11H2,(H,20,25)(H,23,24). The largest absolute Gasteiger partial charge is 0.481 e. The van der Waals surface area contributed by atoms with Crippen LogP contribution in [0, 0.1) is 0 Å². The van der Waals surface area contributed by atoms with Crippen LogP contribution in [0.25, 0.3) is 0 Å². The molecule has 0 radical (unpaired) electrons. The molecule has 2 aromatic heterocycles. The summed E-state index contributed by atoms with van der Waals surface area (Å²) in [4.78, 5) is 23.0. The van der Waals surface area contributed by atoms with Gasteiger partial charge in [0, 0.05) is 12.4 Å². The van der Waals surface area contributed by atoms with Gasteiger partial charge in [-0.25, -0.2) is 0 Å². The van der Waals surface area contributed by atoms with Gasteiger partial charge < -0.3 is 10.4 Å². The van der Waals surface area contributed by atoms with E-state index in [0.717, 1.165) is 5.56 Å². The van der Waals surface area contributed by atoms with Gasteiger partial charge in [-0.2, -0.15) is 10.2 Å². The predicted molar refractivity (Wildman–Crippen MR) is 90.2 cm³/mol. The average molecular weight is 339 g/mol. The van der Waals surface area contributed by atoms with Crippen LogP contribution < -0.4 is 5.32 Å². The van der Waals surface area contributed by atoms with Crippen molar-refractivity contribution < 1.29 is 14.7 Å². The number of anilines is 1. The minimum Gasteiger partial charge on any atom is -0.481 e. The van der Waals surface area contributed by atoms with Gasteiger partial charge in [-0.1, -0.05) is 30.3 Å². The number of hydrogen-bond donors (Lipinski definition) is 2. The Morgan fingerprint density at radius 3 is 2.68 bits per heavy atom. The topological polar surface area (TPSA) is 102 Å². The maximum atomic E-state index is 12.4. The van der Waals surface area contributed by atoms with Crippen LogP contribution in [0.1, 0.15) is 22.5 Å². The third-order valence-corrected chi connectivity index (χ3v) is 3.57. The van der Waals surface area contributed by atoms with Crippen LogP contribution in [-0.4, -0.2) is 36.5 Å². The molecule has 0 spiro atoms. The SMILES string of the molecule is O=C(O)CCn1nccc1C(=O)Nc1cnn(Cc2ccccc2)c1. The lowest BCUT2D eigenvalue weighted by Crippen LogP contribution is -2.18. The molecule has 0 aliphatic heterocycles. The van der Waals surface area contributed by atoms with Gasteiger partial charge in [0.05, 0.1) is 31.4 Å². The Bertz CT molecular complexity index is 869. The third-order valence-electron chi connectivity index (χ3n) is 3.57. The number of benzene rings is 1. The Balaban J connectivity index is 1.64. The number of carbonyl (C=O) groups is 2. The second-order valence-electron chi connectivity index (χ2n) is 5.45. The molecular formula is C17H17N5O3. The van der Waals surface area contributed by atoms with Crippen LogP contribution in [0.2, 0.25) is 0 Å². The Morgan fingerprint density at radius 2 is 1.92 bits per heavy atom. The van der Waals surface area contributed by atoms with Gasteiger partial charge >= 0.3 is 5.97 Å². The molecule has 2 heterocycles. The zero-order chi connectivity index (χ0) is 17.6. The minimum atomic E-state index is -0.941. The molecule has 8 nitrogen and oxygen atoms in total. The number of rotatable bonds is 7. The summed E-state index contributed by atoms with van der Waals surface area (Å²) in [5.74, 6) is -1.30. The summed E-state index contributed by atoms with van der Waals surface area (Å²) in [6.45, 7) is 0.742. The first-order chi connectivity index (χ1) is 12.1. The molecule has 0 aliphatic rings. The van der Waals surface area contributed by atoms with Crippen molar-refractivity contribution in [2.75, 3.05) is 5.32 Å². The van der Waals surface area contributed by atoms with Crippen molar-refractivity contribution in [1.29, 1.82) is 0 Å². The van der Waals surface area contributed by atoms with Crippen LogP contribution in [0.5, 0.6) is 0 Å². The van der Waals surface area contributed by atoms with Gasteiger partial charge in [0.15, 0.2) is 0 Å². The molecule has 3 aromatic rings. The van der Waals surface area contributed by atoms with Crippen molar-refractivity contribution in [3.63, 3.8) is 0 Å². The van der Waals surface area contributed by atoms with E-state index in [0.29, 0.717) is 17.9 Å². The Hall–Kier alpha value is -3.42. The molecule has 25 heavy (non-hydrogen) atoms. The van der Waals surface area contributed by atoms with Crippen LogP contribution in [0.3, 0.4) is 0 Å². The summed E-state index contributed by atoms with van der Waals surface area (Å²) in [6.07, 6.45) is 4.67. The fourth-order valence-electron chi connectivity index (χ4n) is 2.39. The number of hydrogen-bond acceptors (Lipinski definition) is 4. The molecule has 1 aromatic carbocycles. The van der Waals surface area contributed by atoms with E-state index in [1.54, 1.807) is 23.1 Å². The van der Waals surface area contributed by atoms with Gasteiger partial charge in [-0.3, -0.25) is 19.0 Å². The highest BCUT2D eigenvalue weighted by molar-refractivity contribution is 6.02. The summed E-state index contributed by atoms with van der Waals surface area (Å²) in [6, 6.07) is 11.4. The molecule has 0 aliphatic carbocycles. The van der Waals surface area contributed by atoms with Gasteiger partial charge in [0.2, 0.25) is 0 Å². The van der Waals surface area contributed by atoms with Crippen LogP contribution >= 0.6 is 0 Å². The highest BCUT2D eigenvalue weighted by atomic mass is 16.4. The first-order valence-corrected chi connectivity index (χ1v) is 7.73. The van der Waals surface area contributed by atoms with Crippen LogP contribution in [-0.2, 0) is 17.9 Å². The summed E-state index contributed by atoms with van der Waals surface area (Å²) in [5.41, 5.74) is 1.97. The summed E-state index contributed by atoms with van der Waals surface area (Å²) in [7, 11) is 0. The number of aryl methyl sites for hydroxylation is 1. The lowest BCUT2D eigenvalue weighted by molar-refractivity contribution is -0.137. The van der Waals surface area contributed by atoms with Crippen LogP contribution in [0.4, 0.5) is 5.69 Å². The molecule has 0 saturated heterocycles. The maximum Gasteiger partial charge on any atom is 0.305 e. The zero-order valence-corrected chi connectivity index (χ0v) is 13.4. The Labute approximate surface area is 143 Å². The predicted octanol–water partition coefficient (Wildman–Crippen LogP) is 1.85.